The second-order valence-corrected chi connectivity index (χ2v) is 4.37. The van der Waals surface area contributed by atoms with E-state index >= 15 is 0 Å². The van der Waals surface area contributed by atoms with Crippen molar-refractivity contribution in [1.29, 1.82) is 0 Å². The summed E-state index contributed by atoms with van der Waals surface area (Å²) in [6, 6.07) is 12.3. The third-order valence-electron chi connectivity index (χ3n) is 3.16. The van der Waals surface area contributed by atoms with Gasteiger partial charge in [0.2, 0.25) is 5.95 Å². The fourth-order valence-electron chi connectivity index (χ4n) is 1.84. The van der Waals surface area contributed by atoms with E-state index in [9.17, 15) is 9.18 Å². The Morgan fingerprint density at radius 1 is 1.21 bits per heavy atom. The van der Waals surface area contributed by atoms with E-state index in [-0.39, 0.29) is 11.9 Å². The number of rotatable bonds is 3. The summed E-state index contributed by atoms with van der Waals surface area (Å²) in [6.45, 7) is 1.95. The quantitative estimate of drug-likeness (QED) is 0.793. The third kappa shape index (κ3) is 2.96. The van der Waals surface area contributed by atoms with Gasteiger partial charge in [-0.05, 0) is 24.6 Å². The number of pyridine rings is 1. The van der Waals surface area contributed by atoms with E-state index in [1.54, 1.807) is 11.9 Å². The molecule has 0 aliphatic carbocycles. The van der Waals surface area contributed by atoms with Gasteiger partial charge in [-0.25, -0.2) is 4.98 Å². The minimum Gasteiger partial charge on any atom is -0.335 e. The standard InChI is InChI=1S/C15H15FN2O/c1-11(12-6-4-3-5-7-12)18(2)15(19)13-8-9-14(16)17-10-13/h3-11H,1-2H3. The van der Waals surface area contributed by atoms with Gasteiger partial charge in [-0.15, -0.1) is 0 Å². The Morgan fingerprint density at radius 2 is 1.89 bits per heavy atom. The van der Waals surface area contributed by atoms with Crippen molar-refractivity contribution < 1.29 is 9.18 Å². The van der Waals surface area contributed by atoms with Crippen molar-refractivity contribution in [3.05, 3.63) is 65.7 Å². The molecule has 0 spiro atoms. The SMILES string of the molecule is CC(c1ccccc1)N(C)C(=O)c1ccc(F)nc1. The molecule has 1 aromatic heterocycles. The van der Waals surface area contributed by atoms with E-state index in [1.807, 2.05) is 37.3 Å². The molecule has 4 heteroatoms. The Kier molecular flexibility index (Phi) is 3.90. The number of aromatic nitrogens is 1. The van der Waals surface area contributed by atoms with Crippen molar-refractivity contribution in [1.82, 2.24) is 9.88 Å². The predicted octanol–water partition coefficient (Wildman–Crippen LogP) is 3.05. The highest BCUT2D eigenvalue weighted by molar-refractivity contribution is 5.93. The minimum absolute atomic E-state index is 0.0567. The van der Waals surface area contributed by atoms with E-state index in [4.69, 9.17) is 0 Å². The topological polar surface area (TPSA) is 33.2 Å². The largest absolute Gasteiger partial charge is 0.335 e. The third-order valence-corrected chi connectivity index (χ3v) is 3.16. The van der Waals surface area contributed by atoms with Gasteiger partial charge in [0.1, 0.15) is 0 Å². The van der Waals surface area contributed by atoms with Crippen LogP contribution in [-0.2, 0) is 0 Å². The molecule has 2 rings (SSSR count). The molecule has 0 radical (unpaired) electrons. The maximum Gasteiger partial charge on any atom is 0.255 e. The average molecular weight is 258 g/mol. The van der Waals surface area contributed by atoms with Gasteiger partial charge in [-0.2, -0.15) is 4.39 Å². The molecule has 1 aromatic carbocycles. The zero-order chi connectivity index (χ0) is 13.8. The summed E-state index contributed by atoms with van der Waals surface area (Å²) in [6.07, 6.45) is 1.26. The zero-order valence-electron chi connectivity index (χ0n) is 10.9. The minimum atomic E-state index is -0.588. The smallest absolute Gasteiger partial charge is 0.255 e. The lowest BCUT2D eigenvalue weighted by atomic mass is 10.1. The van der Waals surface area contributed by atoms with Crippen molar-refractivity contribution >= 4 is 5.91 Å². The Labute approximate surface area is 111 Å². The molecule has 1 heterocycles. The van der Waals surface area contributed by atoms with Gasteiger partial charge in [-0.3, -0.25) is 4.79 Å². The zero-order valence-corrected chi connectivity index (χ0v) is 10.9. The highest BCUT2D eigenvalue weighted by Crippen LogP contribution is 2.20. The van der Waals surface area contributed by atoms with Gasteiger partial charge in [0, 0.05) is 13.2 Å². The summed E-state index contributed by atoms with van der Waals surface area (Å²) < 4.78 is 12.7. The maximum absolute atomic E-state index is 12.7. The van der Waals surface area contributed by atoms with E-state index in [1.165, 1.54) is 18.3 Å². The van der Waals surface area contributed by atoms with Crippen LogP contribution in [0.5, 0.6) is 0 Å². The molecule has 98 valence electrons. The first-order chi connectivity index (χ1) is 9.09. The first-order valence-electron chi connectivity index (χ1n) is 6.03. The normalized spacial score (nSPS) is 11.9. The summed E-state index contributed by atoms with van der Waals surface area (Å²) in [5, 5.41) is 0. The van der Waals surface area contributed by atoms with E-state index in [2.05, 4.69) is 4.98 Å². The molecule has 0 fully saturated rings. The van der Waals surface area contributed by atoms with Crippen LogP contribution in [0.2, 0.25) is 0 Å². The van der Waals surface area contributed by atoms with E-state index in [0.29, 0.717) is 5.56 Å². The Balaban J connectivity index is 2.17. The average Bonchev–Trinajstić information content (AvgIpc) is 2.46. The Bertz CT molecular complexity index is 554. The molecule has 0 N–H and O–H groups in total. The molecule has 0 saturated carbocycles. The number of hydrogen-bond donors (Lipinski definition) is 0. The molecule has 0 bridgehead atoms. The number of halogens is 1. The number of hydrogen-bond acceptors (Lipinski definition) is 2. The van der Waals surface area contributed by atoms with Gasteiger partial charge in [0.05, 0.1) is 11.6 Å². The van der Waals surface area contributed by atoms with Gasteiger partial charge in [-0.1, -0.05) is 30.3 Å². The molecule has 0 saturated heterocycles. The van der Waals surface area contributed by atoms with Crippen LogP contribution in [0.1, 0.15) is 28.9 Å². The Morgan fingerprint density at radius 3 is 2.47 bits per heavy atom. The van der Waals surface area contributed by atoms with Crippen molar-refractivity contribution in [2.45, 2.75) is 13.0 Å². The molecule has 0 aliphatic rings. The second kappa shape index (κ2) is 5.61. The first-order valence-corrected chi connectivity index (χ1v) is 6.03. The second-order valence-electron chi connectivity index (χ2n) is 4.37. The number of carbonyl (C=O) groups excluding carboxylic acids is 1. The summed E-state index contributed by atoms with van der Waals surface area (Å²) in [5.74, 6) is -0.765. The molecule has 19 heavy (non-hydrogen) atoms. The van der Waals surface area contributed by atoms with Crippen LogP contribution < -0.4 is 0 Å². The predicted molar refractivity (Wildman–Crippen MR) is 71.1 cm³/mol. The van der Waals surface area contributed by atoms with Crippen LogP contribution in [0.3, 0.4) is 0 Å². The van der Waals surface area contributed by atoms with Crippen LogP contribution in [0, 0.1) is 5.95 Å². The van der Waals surface area contributed by atoms with E-state index < -0.39 is 5.95 Å². The summed E-state index contributed by atoms with van der Waals surface area (Å²) in [7, 11) is 1.73. The van der Waals surface area contributed by atoms with Gasteiger partial charge < -0.3 is 4.90 Å². The highest BCUT2D eigenvalue weighted by Gasteiger charge is 2.18. The van der Waals surface area contributed by atoms with Crippen molar-refractivity contribution in [3.8, 4) is 0 Å². The lowest BCUT2D eigenvalue weighted by molar-refractivity contribution is 0.0742. The number of nitrogens with zero attached hydrogens (tertiary/aromatic N) is 2. The van der Waals surface area contributed by atoms with Gasteiger partial charge in [0.15, 0.2) is 0 Å². The lowest BCUT2D eigenvalue weighted by Crippen LogP contribution is -2.29. The monoisotopic (exact) mass is 258 g/mol. The van der Waals surface area contributed by atoms with Crippen molar-refractivity contribution in [3.63, 3.8) is 0 Å². The van der Waals surface area contributed by atoms with Crippen LogP contribution in [-0.4, -0.2) is 22.8 Å². The first kappa shape index (κ1) is 13.2. The molecule has 1 amide bonds. The summed E-state index contributed by atoms with van der Waals surface area (Å²) in [5.41, 5.74) is 1.43. The van der Waals surface area contributed by atoms with Crippen LogP contribution in [0.15, 0.2) is 48.7 Å². The fraction of sp³-hybridized carbons (Fsp3) is 0.200. The van der Waals surface area contributed by atoms with Gasteiger partial charge >= 0.3 is 0 Å². The number of amides is 1. The van der Waals surface area contributed by atoms with Crippen molar-refractivity contribution in [2.24, 2.45) is 0 Å². The molecular formula is C15H15FN2O. The molecule has 0 aliphatic heterocycles. The molecule has 1 unspecified atom stereocenters. The highest BCUT2D eigenvalue weighted by atomic mass is 19.1. The lowest BCUT2D eigenvalue weighted by Gasteiger charge is -2.25. The number of benzene rings is 1. The summed E-state index contributed by atoms with van der Waals surface area (Å²) >= 11 is 0. The van der Waals surface area contributed by atoms with Crippen LogP contribution >= 0.6 is 0 Å². The maximum atomic E-state index is 12.7. The molecule has 1 atom stereocenters. The molecular weight excluding hydrogens is 243 g/mol. The fourth-order valence-corrected chi connectivity index (χ4v) is 1.84. The molecule has 2 aromatic rings. The molecule has 3 nitrogen and oxygen atoms in total. The van der Waals surface area contributed by atoms with Crippen molar-refractivity contribution in [2.75, 3.05) is 7.05 Å². The van der Waals surface area contributed by atoms with Crippen LogP contribution in [0.4, 0.5) is 4.39 Å². The summed E-state index contributed by atoms with van der Waals surface area (Å²) in [4.78, 5) is 17.4. The van der Waals surface area contributed by atoms with Crippen LogP contribution in [0.25, 0.3) is 0 Å². The van der Waals surface area contributed by atoms with Gasteiger partial charge in [0.25, 0.3) is 5.91 Å². The van der Waals surface area contributed by atoms with E-state index in [0.717, 1.165) is 5.56 Å². The Hall–Kier alpha value is -2.23. The number of carbonyl (C=O) groups is 1.